The monoisotopic (exact) mass is 320 g/mol. The maximum absolute atomic E-state index is 12.2. The molecule has 4 bridgehead atoms. The lowest BCUT2D eigenvalue weighted by molar-refractivity contribution is -0.152. The van der Waals surface area contributed by atoms with Crippen molar-refractivity contribution in [3.05, 3.63) is 0 Å². The molecule has 1 saturated heterocycles. The minimum atomic E-state index is -0.588. The largest absolute Gasteiger partial charge is 0.454 e. The number of rotatable bonds is 4. The van der Waals surface area contributed by atoms with Gasteiger partial charge in [-0.05, 0) is 62.7 Å². The van der Waals surface area contributed by atoms with Crippen LogP contribution in [0.2, 0.25) is 0 Å². The fraction of sp³-hybridized carbons (Fsp3) is 0.824. The zero-order valence-electron chi connectivity index (χ0n) is 13.3. The van der Waals surface area contributed by atoms with Gasteiger partial charge in [0.25, 0.3) is 5.91 Å². The highest BCUT2D eigenvalue weighted by atomic mass is 16.5. The summed E-state index contributed by atoms with van der Waals surface area (Å²) >= 11 is 0. The predicted octanol–water partition coefficient (Wildman–Crippen LogP) is 0.893. The van der Waals surface area contributed by atoms with E-state index in [1.807, 2.05) is 0 Å². The van der Waals surface area contributed by atoms with Crippen LogP contribution in [0.1, 0.15) is 51.4 Å². The van der Waals surface area contributed by atoms with Crippen LogP contribution in [-0.2, 0) is 19.1 Å². The summed E-state index contributed by atoms with van der Waals surface area (Å²) < 4.78 is 5.08. The molecule has 1 heterocycles. The number of nitrogens with one attached hydrogen (secondary N) is 2. The van der Waals surface area contributed by atoms with Gasteiger partial charge in [-0.3, -0.25) is 9.59 Å². The fourth-order valence-corrected chi connectivity index (χ4v) is 5.62. The summed E-state index contributed by atoms with van der Waals surface area (Å²) in [6.45, 7) is -0.243. The van der Waals surface area contributed by atoms with E-state index in [-0.39, 0.29) is 24.0 Å². The van der Waals surface area contributed by atoms with Gasteiger partial charge in [0.05, 0.1) is 0 Å². The van der Waals surface area contributed by atoms with Crippen molar-refractivity contribution < 1.29 is 19.1 Å². The van der Waals surface area contributed by atoms with Crippen LogP contribution in [0.4, 0.5) is 0 Å². The van der Waals surface area contributed by atoms with Crippen molar-refractivity contribution in [1.29, 1.82) is 0 Å². The summed E-state index contributed by atoms with van der Waals surface area (Å²) in [6.07, 6.45) is 8.02. The minimum absolute atomic E-state index is 0.0557. The number of ether oxygens (including phenoxy) is 1. The van der Waals surface area contributed by atoms with Crippen molar-refractivity contribution >= 4 is 17.8 Å². The second-order valence-electron chi connectivity index (χ2n) is 8.01. The lowest BCUT2D eigenvalue weighted by Gasteiger charge is -2.56. The van der Waals surface area contributed by atoms with Crippen LogP contribution in [0.15, 0.2) is 0 Å². The van der Waals surface area contributed by atoms with Crippen molar-refractivity contribution in [2.24, 2.45) is 17.8 Å². The topological polar surface area (TPSA) is 84.5 Å². The maximum atomic E-state index is 12.2. The van der Waals surface area contributed by atoms with Crippen molar-refractivity contribution in [3.63, 3.8) is 0 Å². The third kappa shape index (κ3) is 2.95. The van der Waals surface area contributed by atoms with E-state index in [0.717, 1.165) is 37.0 Å². The Bertz CT molecular complexity index is 509. The Kier molecular flexibility index (Phi) is 3.58. The van der Waals surface area contributed by atoms with Gasteiger partial charge in [-0.25, -0.2) is 4.79 Å². The lowest BCUT2D eigenvalue weighted by atomic mass is 9.53. The summed E-state index contributed by atoms with van der Waals surface area (Å²) in [5.41, 5.74) is -0.0557. The molecule has 6 heteroatoms. The SMILES string of the molecule is O=C1CC[C@H](C(=O)OCC(=O)NC23CC4CC(CC(C4)C2)C3)N1. The van der Waals surface area contributed by atoms with E-state index in [1.54, 1.807) is 0 Å². The van der Waals surface area contributed by atoms with Gasteiger partial charge in [0.15, 0.2) is 6.61 Å². The van der Waals surface area contributed by atoms with Gasteiger partial charge in [0.2, 0.25) is 5.91 Å². The molecular weight excluding hydrogens is 296 g/mol. The number of hydrogen-bond acceptors (Lipinski definition) is 4. The molecule has 5 rings (SSSR count). The molecule has 0 aromatic carbocycles. The molecule has 126 valence electrons. The van der Waals surface area contributed by atoms with Gasteiger partial charge in [0, 0.05) is 12.0 Å². The quantitative estimate of drug-likeness (QED) is 0.754. The molecule has 0 spiro atoms. The molecule has 0 aromatic heterocycles. The van der Waals surface area contributed by atoms with Gasteiger partial charge in [0.1, 0.15) is 6.04 Å². The normalized spacial score (nSPS) is 40.8. The molecule has 1 atom stereocenters. The van der Waals surface area contributed by atoms with Gasteiger partial charge in [-0.1, -0.05) is 0 Å². The van der Waals surface area contributed by atoms with Crippen LogP contribution in [0.5, 0.6) is 0 Å². The Hall–Kier alpha value is -1.59. The van der Waals surface area contributed by atoms with Gasteiger partial charge < -0.3 is 15.4 Å². The van der Waals surface area contributed by atoms with E-state index in [0.29, 0.717) is 12.8 Å². The zero-order valence-corrected chi connectivity index (χ0v) is 13.3. The fourth-order valence-electron chi connectivity index (χ4n) is 5.62. The van der Waals surface area contributed by atoms with E-state index < -0.39 is 12.0 Å². The van der Waals surface area contributed by atoms with E-state index in [1.165, 1.54) is 19.3 Å². The van der Waals surface area contributed by atoms with Crippen LogP contribution in [0.25, 0.3) is 0 Å². The van der Waals surface area contributed by atoms with E-state index in [9.17, 15) is 14.4 Å². The number of amides is 2. The Labute approximate surface area is 135 Å². The predicted molar refractivity (Wildman–Crippen MR) is 81.2 cm³/mol. The zero-order chi connectivity index (χ0) is 16.0. The second kappa shape index (κ2) is 5.49. The minimum Gasteiger partial charge on any atom is -0.454 e. The molecule has 4 aliphatic carbocycles. The van der Waals surface area contributed by atoms with Crippen molar-refractivity contribution in [2.75, 3.05) is 6.61 Å². The van der Waals surface area contributed by atoms with Gasteiger partial charge in [-0.15, -0.1) is 0 Å². The summed E-state index contributed by atoms with van der Waals surface area (Å²) in [5, 5.41) is 5.73. The van der Waals surface area contributed by atoms with Crippen LogP contribution < -0.4 is 10.6 Å². The number of carbonyl (C=O) groups excluding carboxylic acids is 3. The molecule has 0 unspecified atom stereocenters. The van der Waals surface area contributed by atoms with E-state index in [2.05, 4.69) is 10.6 Å². The average Bonchev–Trinajstić information content (AvgIpc) is 2.89. The standard InChI is InChI=1S/C17H24N2O4/c20-14-2-1-13(18-14)16(22)23-9-15(21)19-17-6-10-3-11(7-17)5-12(4-10)8-17/h10-13H,1-9H2,(H,18,20)(H,19,21)/t10?,11?,12?,13-,17?/m1/s1. The van der Waals surface area contributed by atoms with Crippen molar-refractivity contribution in [1.82, 2.24) is 10.6 Å². The average molecular weight is 320 g/mol. The summed E-state index contributed by atoms with van der Waals surface area (Å²) in [5.74, 6) is 1.44. The van der Waals surface area contributed by atoms with Crippen LogP contribution in [0, 0.1) is 17.8 Å². The molecule has 0 aromatic rings. The Balaban J connectivity index is 1.29. The highest BCUT2D eigenvalue weighted by Gasteiger charge is 2.51. The van der Waals surface area contributed by atoms with Gasteiger partial charge >= 0.3 is 5.97 Å². The molecule has 1 aliphatic heterocycles. The molecule has 5 aliphatic rings. The van der Waals surface area contributed by atoms with Crippen molar-refractivity contribution in [2.45, 2.75) is 62.9 Å². The summed E-state index contributed by atoms with van der Waals surface area (Å²) in [6, 6.07) is -0.588. The molecule has 2 amide bonds. The first-order chi connectivity index (χ1) is 11.0. The molecule has 5 fully saturated rings. The van der Waals surface area contributed by atoms with Gasteiger partial charge in [-0.2, -0.15) is 0 Å². The Morgan fingerprint density at radius 2 is 1.74 bits per heavy atom. The van der Waals surface area contributed by atoms with Crippen LogP contribution in [0.3, 0.4) is 0 Å². The second-order valence-corrected chi connectivity index (χ2v) is 8.01. The van der Waals surface area contributed by atoms with E-state index >= 15 is 0 Å². The molecule has 23 heavy (non-hydrogen) atoms. The lowest BCUT2D eigenvalue weighted by Crippen LogP contribution is -2.60. The Morgan fingerprint density at radius 1 is 1.13 bits per heavy atom. The molecule has 6 nitrogen and oxygen atoms in total. The van der Waals surface area contributed by atoms with Crippen LogP contribution >= 0.6 is 0 Å². The smallest absolute Gasteiger partial charge is 0.329 e. The molecular formula is C17H24N2O4. The number of hydrogen-bond donors (Lipinski definition) is 2. The third-order valence-electron chi connectivity index (χ3n) is 6.07. The Morgan fingerprint density at radius 3 is 2.26 bits per heavy atom. The highest BCUT2D eigenvalue weighted by Crippen LogP contribution is 2.55. The first kappa shape index (κ1) is 15.0. The number of carbonyl (C=O) groups is 3. The molecule has 4 saturated carbocycles. The van der Waals surface area contributed by atoms with Crippen LogP contribution in [-0.4, -0.2) is 36.0 Å². The number of esters is 1. The molecule has 2 N–H and O–H groups in total. The third-order valence-corrected chi connectivity index (χ3v) is 6.07. The summed E-state index contributed by atoms with van der Waals surface area (Å²) in [4.78, 5) is 35.2. The first-order valence-corrected chi connectivity index (χ1v) is 8.78. The molecule has 0 radical (unpaired) electrons. The van der Waals surface area contributed by atoms with Crippen molar-refractivity contribution in [3.8, 4) is 0 Å². The van der Waals surface area contributed by atoms with E-state index in [4.69, 9.17) is 4.74 Å². The first-order valence-electron chi connectivity index (χ1n) is 8.78. The highest BCUT2D eigenvalue weighted by molar-refractivity contribution is 5.89. The summed E-state index contributed by atoms with van der Waals surface area (Å²) in [7, 11) is 0. The maximum Gasteiger partial charge on any atom is 0.329 e.